The molecule has 0 heterocycles. The Morgan fingerprint density at radius 3 is 2.14 bits per heavy atom. The summed E-state index contributed by atoms with van der Waals surface area (Å²) >= 11 is 5.79. The third kappa shape index (κ3) is 4.56. The van der Waals surface area contributed by atoms with Crippen LogP contribution in [0.15, 0.2) is 30.3 Å². The maximum atomic E-state index is 12.9. The number of nitro groups is 2. The van der Waals surface area contributed by atoms with Crippen molar-refractivity contribution in [1.29, 1.82) is 0 Å². The van der Waals surface area contributed by atoms with E-state index in [2.05, 4.69) is 5.32 Å². The third-order valence-corrected chi connectivity index (χ3v) is 3.65. The number of hydrogen-bond donors (Lipinski definition) is 3. The molecule has 0 unspecified atom stereocenters. The first kappa shape index (κ1) is 20.7. The van der Waals surface area contributed by atoms with Gasteiger partial charge in [0.2, 0.25) is 0 Å². The molecule has 0 atom stereocenters. The summed E-state index contributed by atoms with van der Waals surface area (Å²) in [5, 5.41) is 25.5. The molecular formula is C14H9ClF3N5O5. The fraction of sp³-hybridized carbons (Fsp3) is 0.0714. The molecule has 0 aliphatic rings. The molecule has 148 valence electrons. The highest BCUT2D eigenvalue weighted by atomic mass is 35.5. The Labute approximate surface area is 158 Å². The van der Waals surface area contributed by atoms with Gasteiger partial charge in [-0.1, -0.05) is 11.6 Å². The summed E-state index contributed by atoms with van der Waals surface area (Å²) in [6, 6.07) is 2.62. The van der Waals surface area contributed by atoms with Gasteiger partial charge in [-0.05, 0) is 12.1 Å². The molecule has 10 nitrogen and oxygen atoms in total. The normalized spacial score (nSPS) is 11.0. The Bertz CT molecular complexity index is 983. The van der Waals surface area contributed by atoms with E-state index in [1.54, 1.807) is 0 Å². The van der Waals surface area contributed by atoms with E-state index in [0.29, 0.717) is 6.07 Å². The summed E-state index contributed by atoms with van der Waals surface area (Å²) in [7, 11) is 0. The van der Waals surface area contributed by atoms with Gasteiger partial charge in [-0.15, -0.1) is 0 Å². The van der Waals surface area contributed by atoms with Crippen molar-refractivity contribution < 1.29 is 27.8 Å². The van der Waals surface area contributed by atoms with Crippen LogP contribution in [0.5, 0.6) is 0 Å². The smallest absolute Gasteiger partial charge is 0.391 e. The summed E-state index contributed by atoms with van der Waals surface area (Å²) in [6.07, 6.45) is -4.92. The molecular weight excluding hydrogens is 411 g/mol. The van der Waals surface area contributed by atoms with Gasteiger partial charge in [-0.3, -0.25) is 20.2 Å². The van der Waals surface area contributed by atoms with Gasteiger partial charge in [0.05, 0.1) is 31.8 Å². The molecule has 2 aromatic rings. The average molecular weight is 420 g/mol. The maximum absolute atomic E-state index is 12.9. The molecule has 0 bridgehead atoms. The van der Waals surface area contributed by atoms with Crippen LogP contribution in [0.2, 0.25) is 5.02 Å². The van der Waals surface area contributed by atoms with Crippen LogP contribution in [0.3, 0.4) is 0 Å². The van der Waals surface area contributed by atoms with Crippen molar-refractivity contribution in [3.05, 3.63) is 61.1 Å². The maximum Gasteiger partial charge on any atom is 0.416 e. The van der Waals surface area contributed by atoms with Crippen molar-refractivity contribution in [1.82, 2.24) is 0 Å². The van der Waals surface area contributed by atoms with Crippen molar-refractivity contribution in [2.75, 3.05) is 16.4 Å². The molecule has 0 saturated carbocycles. The topological polar surface area (TPSA) is 153 Å². The van der Waals surface area contributed by atoms with E-state index < -0.39 is 44.7 Å². The second kappa shape index (κ2) is 7.56. The lowest BCUT2D eigenvalue weighted by Crippen LogP contribution is -2.21. The van der Waals surface area contributed by atoms with Crippen LogP contribution in [0, 0.1) is 20.2 Å². The highest BCUT2D eigenvalue weighted by Gasteiger charge is 2.34. The first-order valence-corrected chi connectivity index (χ1v) is 7.45. The number of nitrogens with zero attached hydrogens (tertiary/aromatic N) is 2. The first-order chi connectivity index (χ1) is 12.9. The zero-order chi connectivity index (χ0) is 21.2. The summed E-state index contributed by atoms with van der Waals surface area (Å²) < 4.78 is 38.8. The largest absolute Gasteiger partial charge is 0.416 e. The van der Waals surface area contributed by atoms with Gasteiger partial charge in [0.15, 0.2) is 0 Å². The Balaban J connectivity index is 2.32. The van der Waals surface area contributed by atoms with Crippen LogP contribution in [0.25, 0.3) is 0 Å². The summed E-state index contributed by atoms with van der Waals surface area (Å²) in [5.41, 5.74) is 1.24. The van der Waals surface area contributed by atoms with Crippen molar-refractivity contribution in [3.8, 4) is 0 Å². The molecule has 0 aromatic heterocycles. The molecule has 14 heteroatoms. The van der Waals surface area contributed by atoms with Crippen molar-refractivity contribution in [2.24, 2.45) is 0 Å². The van der Waals surface area contributed by atoms with E-state index in [9.17, 15) is 38.2 Å². The number of anilines is 3. The number of rotatable bonds is 4. The molecule has 0 aliphatic carbocycles. The highest BCUT2D eigenvalue weighted by Crippen LogP contribution is 2.38. The van der Waals surface area contributed by atoms with E-state index in [0.717, 1.165) is 18.2 Å². The summed E-state index contributed by atoms with van der Waals surface area (Å²) in [6.45, 7) is 0. The molecule has 4 N–H and O–H groups in total. The van der Waals surface area contributed by atoms with E-state index >= 15 is 0 Å². The number of carbonyl (C=O) groups is 1. The number of nitrogens with one attached hydrogen (secondary N) is 2. The minimum atomic E-state index is -4.92. The SMILES string of the molecule is Nc1c(NC(=O)Nc2ccc([N+](=O)[O-])cc2Cl)cc(C(F)(F)F)cc1[N+](=O)[O-]. The van der Waals surface area contributed by atoms with Gasteiger partial charge in [-0.2, -0.15) is 13.2 Å². The Morgan fingerprint density at radius 2 is 1.64 bits per heavy atom. The zero-order valence-electron chi connectivity index (χ0n) is 13.4. The van der Waals surface area contributed by atoms with Crippen LogP contribution >= 0.6 is 11.6 Å². The predicted octanol–water partition coefficient (Wildman–Crippen LogP) is 4.40. The number of amides is 2. The lowest BCUT2D eigenvalue weighted by Gasteiger charge is -2.14. The lowest BCUT2D eigenvalue weighted by molar-refractivity contribution is -0.384. The van der Waals surface area contributed by atoms with E-state index in [-0.39, 0.29) is 22.5 Å². The molecule has 0 fully saturated rings. The third-order valence-electron chi connectivity index (χ3n) is 3.34. The number of nitrogen functional groups attached to an aromatic ring is 1. The molecule has 0 spiro atoms. The van der Waals surface area contributed by atoms with Gasteiger partial charge < -0.3 is 16.4 Å². The molecule has 0 aliphatic heterocycles. The summed E-state index contributed by atoms with van der Waals surface area (Å²) in [4.78, 5) is 31.7. The number of carbonyl (C=O) groups excluding carboxylic acids is 1. The lowest BCUT2D eigenvalue weighted by atomic mass is 10.1. The van der Waals surface area contributed by atoms with E-state index in [1.807, 2.05) is 5.32 Å². The molecule has 0 saturated heterocycles. The van der Waals surface area contributed by atoms with E-state index in [1.165, 1.54) is 0 Å². The minimum Gasteiger partial charge on any atom is -0.391 e. The Hall–Kier alpha value is -3.61. The van der Waals surface area contributed by atoms with Gasteiger partial charge in [0, 0.05) is 18.2 Å². The van der Waals surface area contributed by atoms with Crippen molar-refractivity contribution >= 4 is 46.1 Å². The van der Waals surface area contributed by atoms with Crippen molar-refractivity contribution in [2.45, 2.75) is 6.18 Å². The average Bonchev–Trinajstić information content (AvgIpc) is 2.57. The number of nitro benzene ring substituents is 2. The van der Waals surface area contributed by atoms with Gasteiger partial charge in [-0.25, -0.2) is 4.79 Å². The van der Waals surface area contributed by atoms with Crippen LogP contribution in [0.4, 0.5) is 46.4 Å². The number of alkyl halides is 3. The molecule has 2 rings (SSSR count). The zero-order valence-corrected chi connectivity index (χ0v) is 14.2. The number of urea groups is 1. The second-order valence-corrected chi connectivity index (χ2v) is 5.62. The fourth-order valence-electron chi connectivity index (χ4n) is 2.05. The minimum absolute atomic E-state index is 0.0928. The van der Waals surface area contributed by atoms with Crippen LogP contribution in [-0.4, -0.2) is 15.9 Å². The first-order valence-electron chi connectivity index (χ1n) is 7.07. The molecule has 28 heavy (non-hydrogen) atoms. The standard InChI is InChI=1S/C14H9ClF3N5O5/c15-8-5-7(22(25)26)1-2-9(8)20-13(24)21-10-3-6(14(16,17)18)4-11(12(10)19)23(27)28/h1-5H,19H2,(H2,20,21,24). The van der Waals surface area contributed by atoms with Crippen LogP contribution in [-0.2, 0) is 6.18 Å². The van der Waals surface area contributed by atoms with Gasteiger partial charge in [0.25, 0.3) is 11.4 Å². The summed E-state index contributed by atoms with van der Waals surface area (Å²) in [5.74, 6) is 0. The Morgan fingerprint density at radius 1 is 1.04 bits per heavy atom. The van der Waals surface area contributed by atoms with Crippen LogP contribution in [0.1, 0.15) is 5.56 Å². The number of non-ortho nitro benzene ring substituents is 1. The fourth-order valence-corrected chi connectivity index (χ4v) is 2.27. The quantitative estimate of drug-likeness (QED) is 0.379. The number of halogens is 4. The number of nitrogens with two attached hydrogens (primary N) is 1. The van der Waals surface area contributed by atoms with Crippen LogP contribution < -0.4 is 16.4 Å². The van der Waals surface area contributed by atoms with Gasteiger partial charge in [0.1, 0.15) is 5.69 Å². The monoisotopic (exact) mass is 419 g/mol. The Kier molecular flexibility index (Phi) is 5.59. The second-order valence-electron chi connectivity index (χ2n) is 5.21. The molecule has 2 aromatic carbocycles. The number of hydrogen-bond acceptors (Lipinski definition) is 6. The van der Waals surface area contributed by atoms with Gasteiger partial charge >= 0.3 is 12.2 Å². The number of benzene rings is 2. The predicted molar refractivity (Wildman–Crippen MR) is 93.3 cm³/mol. The van der Waals surface area contributed by atoms with E-state index in [4.69, 9.17) is 17.3 Å². The van der Waals surface area contributed by atoms with Crippen molar-refractivity contribution in [3.63, 3.8) is 0 Å². The molecule has 0 radical (unpaired) electrons. The highest BCUT2D eigenvalue weighted by molar-refractivity contribution is 6.34. The molecule has 2 amide bonds.